The average molecular weight is 207 g/mol. The number of nitrogens with zero attached hydrogens (tertiary/aromatic N) is 1. The van der Waals surface area contributed by atoms with E-state index >= 15 is 0 Å². The van der Waals surface area contributed by atoms with Gasteiger partial charge in [0.1, 0.15) is 6.04 Å². The van der Waals surface area contributed by atoms with Crippen molar-refractivity contribution < 1.29 is 18.3 Å². The van der Waals surface area contributed by atoms with E-state index in [1.165, 1.54) is 6.92 Å². The minimum atomic E-state index is -3.34. The van der Waals surface area contributed by atoms with Crippen molar-refractivity contribution in [3.63, 3.8) is 0 Å². The molecule has 1 unspecified atom stereocenters. The van der Waals surface area contributed by atoms with Gasteiger partial charge in [0.15, 0.2) is 0 Å². The second-order valence-electron chi connectivity index (χ2n) is 3.01. The molecule has 0 aromatic carbocycles. The summed E-state index contributed by atoms with van der Waals surface area (Å²) in [5.41, 5.74) is 0. The third kappa shape index (κ3) is 2.00. The molecule has 0 aromatic heterocycles. The lowest BCUT2D eigenvalue weighted by molar-refractivity contribution is -0.140. The third-order valence-electron chi connectivity index (χ3n) is 2.21. The number of aliphatic carboxylic acids is 1. The lowest BCUT2D eigenvalue weighted by atomic mass is 10.2. The summed E-state index contributed by atoms with van der Waals surface area (Å²) in [6.07, 6.45) is 1.06. The van der Waals surface area contributed by atoms with Crippen molar-refractivity contribution in [3.8, 4) is 0 Å². The van der Waals surface area contributed by atoms with Gasteiger partial charge in [-0.3, -0.25) is 4.79 Å². The summed E-state index contributed by atoms with van der Waals surface area (Å²) in [5, 5.41) is 8.74. The Bertz CT molecular complexity index is 298. The molecular weight excluding hydrogens is 194 g/mol. The van der Waals surface area contributed by atoms with Crippen LogP contribution in [0.3, 0.4) is 0 Å². The van der Waals surface area contributed by atoms with E-state index in [2.05, 4.69) is 0 Å². The van der Waals surface area contributed by atoms with Gasteiger partial charge in [0.05, 0.1) is 5.75 Å². The van der Waals surface area contributed by atoms with Crippen LogP contribution in [-0.2, 0) is 14.8 Å². The Balaban J connectivity index is 2.86. The Kier molecular flexibility index (Phi) is 2.92. The van der Waals surface area contributed by atoms with Crippen LogP contribution in [0.4, 0.5) is 0 Å². The number of sulfonamides is 1. The number of rotatable bonds is 3. The summed E-state index contributed by atoms with van der Waals surface area (Å²) in [7, 11) is -3.34. The van der Waals surface area contributed by atoms with Gasteiger partial charge in [0.2, 0.25) is 10.0 Å². The normalized spacial score (nSPS) is 24.8. The van der Waals surface area contributed by atoms with Gasteiger partial charge in [0, 0.05) is 6.54 Å². The minimum absolute atomic E-state index is 0.0310. The summed E-state index contributed by atoms with van der Waals surface area (Å²) in [6.45, 7) is 1.86. The van der Waals surface area contributed by atoms with Crippen molar-refractivity contribution in [2.24, 2.45) is 0 Å². The maximum atomic E-state index is 11.4. The molecule has 1 heterocycles. The van der Waals surface area contributed by atoms with Crippen LogP contribution >= 0.6 is 0 Å². The fraction of sp³-hybridized carbons (Fsp3) is 0.857. The van der Waals surface area contributed by atoms with E-state index in [0.717, 1.165) is 4.31 Å². The molecule has 0 spiro atoms. The van der Waals surface area contributed by atoms with Gasteiger partial charge in [-0.2, -0.15) is 4.31 Å². The lowest BCUT2D eigenvalue weighted by Crippen LogP contribution is -2.41. The van der Waals surface area contributed by atoms with Crippen molar-refractivity contribution in [2.45, 2.75) is 25.8 Å². The molecule has 1 aliphatic heterocycles. The van der Waals surface area contributed by atoms with Crippen LogP contribution in [0.5, 0.6) is 0 Å². The van der Waals surface area contributed by atoms with Crippen molar-refractivity contribution in [1.82, 2.24) is 4.31 Å². The molecule has 1 rings (SSSR count). The van der Waals surface area contributed by atoms with Gasteiger partial charge in [-0.15, -0.1) is 0 Å². The van der Waals surface area contributed by atoms with Crippen LogP contribution in [0, 0.1) is 0 Å². The smallest absolute Gasteiger partial charge is 0.322 e. The summed E-state index contributed by atoms with van der Waals surface area (Å²) in [6, 6.07) is -0.843. The summed E-state index contributed by atoms with van der Waals surface area (Å²) < 4.78 is 23.9. The van der Waals surface area contributed by atoms with Crippen molar-refractivity contribution in [2.75, 3.05) is 12.3 Å². The predicted octanol–water partition coefficient (Wildman–Crippen LogP) is -0.115. The van der Waals surface area contributed by atoms with E-state index in [9.17, 15) is 13.2 Å². The van der Waals surface area contributed by atoms with Crippen LogP contribution in [0.2, 0.25) is 0 Å². The summed E-state index contributed by atoms with van der Waals surface area (Å²) in [5.74, 6) is -1.08. The maximum Gasteiger partial charge on any atom is 0.322 e. The van der Waals surface area contributed by atoms with Crippen LogP contribution < -0.4 is 0 Å². The Morgan fingerprint density at radius 2 is 2.23 bits per heavy atom. The highest BCUT2D eigenvalue weighted by molar-refractivity contribution is 7.89. The Hall–Kier alpha value is -0.620. The number of hydrogen-bond donors (Lipinski definition) is 1. The minimum Gasteiger partial charge on any atom is -0.480 e. The number of carbonyl (C=O) groups is 1. The fourth-order valence-electron chi connectivity index (χ4n) is 1.49. The molecule has 5 nitrogen and oxygen atoms in total. The van der Waals surface area contributed by atoms with E-state index in [1.54, 1.807) is 0 Å². The molecule has 1 atom stereocenters. The van der Waals surface area contributed by atoms with Crippen molar-refractivity contribution >= 4 is 16.0 Å². The Morgan fingerprint density at radius 3 is 2.69 bits per heavy atom. The molecule has 76 valence electrons. The van der Waals surface area contributed by atoms with E-state index in [0.29, 0.717) is 19.4 Å². The first-order chi connectivity index (χ1) is 5.99. The second-order valence-corrected chi connectivity index (χ2v) is 5.22. The highest BCUT2D eigenvalue weighted by Crippen LogP contribution is 2.21. The van der Waals surface area contributed by atoms with Gasteiger partial charge in [0.25, 0.3) is 0 Å². The van der Waals surface area contributed by atoms with Crippen LogP contribution in [-0.4, -0.2) is 42.1 Å². The molecule has 1 aliphatic rings. The van der Waals surface area contributed by atoms with Gasteiger partial charge < -0.3 is 5.11 Å². The molecule has 0 aliphatic carbocycles. The van der Waals surface area contributed by atoms with Gasteiger partial charge in [-0.25, -0.2) is 8.42 Å². The van der Waals surface area contributed by atoms with E-state index in [-0.39, 0.29) is 5.75 Å². The van der Waals surface area contributed by atoms with Crippen LogP contribution in [0.15, 0.2) is 0 Å². The molecule has 0 saturated carbocycles. The molecule has 13 heavy (non-hydrogen) atoms. The first-order valence-corrected chi connectivity index (χ1v) is 5.82. The van der Waals surface area contributed by atoms with Crippen LogP contribution in [0.1, 0.15) is 19.8 Å². The number of hydrogen-bond acceptors (Lipinski definition) is 3. The largest absolute Gasteiger partial charge is 0.480 e. The number of carboxylic acid groups (broad SMARTS) is 1. The second kappa shape index (κ2) is 3.63. The molecule has 0 bridgehead atoms. The molecule has 0 radical (unpaired) electrons. The lowest BCUT2D eigenvalue weighted by Gasteiger charge is -2.19. The zero-order chi connectivity index (χ0) is 10.1. The first-order valence-electron chi connectivity index (χ1n) is 4.21. The third-order valence-corrected chi connectivity index (χ3v) is 4.09. The predicted molar refractivity (Wildman–Crippen MR) is 46.8 cm³/mol. The fourth-order valence-corrected chi connectivity index (χ4v) is 2.81. The topological polar surface area (TPSA) is 74.7 Å². The molecular formula is C7H13NO4S. The molecule has 6 heteroatoms. The van der Waals surface area contributed by atoms with Gasteiger partial charge in [-0.05, 0) is 19.8 Å². The van der Waals surface area contributed by atoms with Crippen molar-refractivity contribution in [1.29, 1.82) is 0 Å². The quantitative estimate of drug-likeness (QED) is 0.700. The standard InChI is InChI=1S/C7H13NO4S/c1-2-13(11,12)8-5-3-4-6(8)7(9)10/h6H,2-5H2,1H3,(H,9,10). The highest BCUT2D eigenvalue weighted by atomic mass is 32.2. The molecule has 1 fully saturated rings. The highest BCUT2D eigenvalue weighted by Gasteiger charge is 2.37. The van der Waals surface area contributed by atoms with E-state index in [1.807, 2.05) is 0 Å². The SMILES string of the molecule is CCS(=O)(=O)N1CCCC1C(=O)O. The monoisotopic (exact) mass is 207 g/mol. The molecule has 0 aromatic rings. The molecule has 0 amide bonds. The van der Waals surface area contributed by atoms with Gasteiger partial charge >= 0.3 is 5.97 Å². The van der Waals surface area contributed by atoms with Crippen LogP contribution in [0.25, 0.3) is 0 Å². The zero-order valence-corrected chi connectivity index (χ0v) is 8.25. The maximum absolute atomic E-state index is 11.4. The Morgan fingerprint density at radius 1 is 1.62 bits per heavy atom. The Labute approximate surface area is 77.4 Å². The van der Waals surface area contributed by atoms with Gasteiger partial charge in [-0.1, -0.05) is 0 Å². The molecule has 1 saturated heterocycles. The number of carboxylic acids is 1. The van der Waals surface area contributed by atoms with E-state index in [4.69, 9.17) is 5.11 Å². The summed E-state index contributed by atoms with van der Waals surface area (Å²) >= 11 is 0. The van der Waals surface area contributed by atoms with Crippen molar-refractivity contribution in [3.05, 3.63) is 0 Å². The first kappa shape index (κ1) is 10.5. The summed E-state index contributed by atoms with van der Waals surface area (Å²) in [4.78, 5) is 10.7. The average Bonchev–Trinajstić information content (AvgIpc) is 2.52. The molecule has 1 N–H and O–H groups in total. The van der Waals surface area contributed by atoms with E-state index < -0.39 is 22.0 Å². The zero-order valence-electron chi connectivity index (χ0n) is 7.43.